The second-order valence-corrected chi connectivity index (χ2v) is 17.1. The second kappa shape index (κ2) is 16.3. The van der Waals surface area contributed by atoms with Crippen molar-refractivity contribution in [2.45, 2.75) is 79.3 Å². The van der Waals surface area contributed by atoms with Crippen molar-refractivity contribution in [1.29, 1.82) is 0 Å². The van der Waals surface area contributed by atoms with Crippen LogP contribution < -0.4 is 35.2 Å². The minimum atomic E-state index is -2.21. The zero-order valence-corrected chi connectivity index (χ0v) is 33.2. The third kappa shape index (κ3) is 6.98. The van der Waals surface area contributed by atoms with Gasteiger partial charge >= 0.3 is 26.2 Å². The number of halogens is 2. The van der Waals surface area contributed by atoms with E-state index in [-0.39, 0.29) is 51.0 Å². The van der Waals surface area contributed by atoms with Crippen molar-refractivity contribution < 1.29 is 51.0 Å². The summed E-state index contributed by atoms with van der Waals surface area (Å²) < 4.78 is 0. The standard InChI is InChI=1S/C42H46Si.2ClH.Zr/c1-7-13-35-27-33-15-11-17-37(31-23-19-29(9-3)20-24-31)39(33)41(35)43(5,6)42-36(14-8-2)28-34-16-12-18-38(40(34)42)32-25-21-30(10-4)22-26-32;;;/h11-12,15-28H,7-10,13-14H2,1-6H3;2*1H;/q-2;;;+4/p-2. The van der Waals surface area contributed by atoms with Crippen molar-refractivity contribution in [3.05, 3.63) is 119 Å². The van der Waals surface area contributed by atoms with Crippen LogP contribution >= 0.6 is 0 Å². The van der Waals surface area contributed by atoms with Crippen LogP contribution in [0.4, 0.5) is 0 Å². The van der Waals surface area contributed by atoms with E-state index in [4.69, 9.17) is 0 Å². The Labute approximate surface area is 309 Å². The third-order valence-corrected chi connectivity index (χ3v) is 13.3. The van der Waals surface area contributed by atoms with Crippen LogP contribution in [0.1, 0.15) is 62.8 Å². The molecule has 0 saturated carbocycles. The molecule has 0 nitrogen and oxygen atoms in total. The predicted octanol–water partition coefficient (Wildman–Crippen LogP) is 4.62. The van der Waals surface area contributed by atoms with Crippen molar-refractivity contribution in [3.63, 3.8) is 0 Å². The Morgan fingerprint density at radius 2 is 0.891 bits per heavy atom. The van der Waals surface area contributed by atoms with Crippen LogP contribution in [0.3, 0.4) is 0 Å². The first kappa shape index (κ1) is 38.2. The summed E-state index contributed by atoms with van der Waals surface area (Å²) in [7, 11) is -2.21. The van der Waals surface area contributed by atoms with Gasteiger partial charge in [0, 0.05) is 8.07 Å². The fraction of sp³-hybridized carbons (Fsp3) is 0.286. The largest absolute Gasteiger partial charge is 4.00 e. The molecule has 0 atom stereocenters. The van der Waals surface area contributed by atoms with Gasteiger partial charge in [-0.05, 0) is 47.9 Å². The third-order valence-electron chi connectivity index (χ3n) is 9.63. The van der Waals surface area contributed by atoms with Crippen LogP contribution in [-0.2, 0) is 51.9 Å². The van der Waals surface area contributed by atoms with E-state index < -0.39 is 8.07 Å². The first-order chi connectivity index (χ1) is 20.9. The van der Waals surface area contributed by atoms with Crippen molar-refractivity contribution in [1.82, 2.24) is 0 Å². The van der Waals surface area contributed by atoms with Crippen LogP contribution in [0.25, 0.3) is 43.8 Å². The van der Waals surface area contributed by atoms with Gasteiger partial charge in [-0.25, -0.2) is 0 Å². The smallest absolute Gasteiger partial charge is 1.00 e. The Kier molecular flexibility index (Phi) is 13.5. The van der Waals surface area contributed by atoms with E-state index in [9.17, 15) is 0 Å². The first-order valence-electron chi connectivity index (χ1n) is 16.5. The molecule has 236 valence electrons. The zero-order chi connectivity index (χ0) is 30.1. The topological polar surface area (TPSA) is 0 Å². The molecule has 0 fully saturated rings. The fourth-order valence-electron chi connectivity index (χ4n) is 7.59. The molecule has 0 aromatic heterocycles. The maximum atomic E-state index is 2.64. The summed E-state index contributed by atoms with van der Waals surface area (Å²) in [6.45, 7) is 14.4. The van der Waals surface area contributed by atoms with Gasteiger partial charge in [-0.15, -0.1) is 69.1 Å². The predicted molar refractivity (Wildman–Crippen MR) is 193 cm³/mol. The van der Waals surface area contributed by atoms with Gasteiger partial charge in [-0.2, -0.15) is 10.4 Å². The van der Waals surface area contributed by atoms with Gasteiger partial charge in [0.25, 0.3) is 0 Å². The van der Waals surface area contributed by atoms with Crippen molar-refractivity contribution in [3.8, 4) is 22.3 Å². The van der Waals surface area contributed by atoms with Crippen molar-refractivity contribution in [2.24, 2.45) is 0 Å². The van der Waals surface area contributed by atoms with Gasteiger partial charge in [0.1, 0.15) is 0 Å². The number of aryl methyl sites for hydroxylation is 4. The minimum absolute atomic E-state index is 0. The van der Waals surface area contributed by atoms with E-state index in [1.54, 1.807) is 21.5 Å². The maximum Gasteiger partial charge on any atom is 4.00 e. The van der Waals surface area contributed by atoms with Gasteiger partial charge in [0.15, 0.2) is 0 Å². The van der Waals surface area contributed by atoms with Gasteiger partial charge in [-0.3, -0.25) is 0 Å². The summed E-state index contributed by atoms with van der Waals surface area (Å²) in [5.74, 6) is 0. The molecule has 46 heavy (non-hydrogen) atoms. The van der Waals surface area contributed by atoms with E-state index in [0.717, 1.165) is 38.5 Å². The molecule has 0 radical (unpaired) electrons. The van der Waals surface area contributed by atoms with Crippen LogP contribution in [0.2, 0.25) is 13.1 Å². The molecule has 4 heteroatoms. The molecule has 6 rings (SSSR count). The molecule has 0 bridgehead atoms. The van der Waals surface area contributed by atoms with E-state index in [1.807, 2.05) is 0 Å². The summed E-state index contributed by atoms with van der Waals surface area (Å²) in [5.41, 5.74) is 11.4. The second-order valence-electron chi connectivity index (χ2n) is 12.9. The molecule has 0 aliphatic carbocycles. The first-order valence-corrected chi connectivity index (χ1v) is 19.5. The number of fused-ring (bicyclic) bond motifs is 2. The molecule has 6 aromatic carbocycles. The zero-order valence-electron chi connectivity index (χ0n) is 28.2. The molecule has 0 amide bonds. The van der Waals surface area contributed by atoms with E-state index in [1.165, 1.54) is 54.9 Å². The summed E-state index contributed by atoms with van der Waals surface area (Å²) in [4.78, 5) is 0. The summed E-state index contributed by atoms with van der Waals surface area (Å²) in [5, 5.41) is 9.10. The molecule has 0 spiro atoms. The Bertz CT molecular complexity index is 1740. The molecule has 0 N–H and O–H groups in total. The van der Waals surface area contributed by atoms with Crippen molar-refractivity contribution in [2.75, 3.05) is 0 Å². The molecule has 0 unspecified atom stereocenters. The quantitative estimate of drug-likeness (QED) is 0.142. The normalized spacial score (nSPS) is 11.3. The van der Waals surface area contributed by atoms with Gasteiger partial charge in [0.2, 0.25) is 0 Å². The monoisotopic (exact) mass is 738 g/mol. The van der Waals surface area contributed by atoms with E-state index >= 15 is 0 Å². The van der Waals surface area contributed by atoms with Gasteiger partial charge < -0.3 is 24.8 Å². The number of rotatable bonds is 10. The molecular formula is C42H46Cl2SiZr. The number of hydrogen-bond acceptors (Lipinski definition) is 0. The Morgan fingerprint density at radius 3 is 1.22 bits per heavy atom. The summed E-state index contributed by atoms with van der Waals surface area (Å²) in [6.07, 6.45) is 6.71. The molecule has 0 aliphatic rings. The van der Waals surface area contributed by atoms with E-state index in [0.29, 0.717) is 0 Å². The Balaban J connectivity index is 0.00000192. The van der Waals surface area contributed by atoms with Crippen LogP contribution in [0.15, 0.2) is 97.1 Å². The average molecular weight is 741 g/mol. The fourth-order valence-corrected chi connectivity index (χ4v) is 11.6. The Morgan fingerprint density at radius 1 is 0.522 bits per heavy atom. The van der Waals surface area contributed by atoms with E-state index in [2.05, 4.69) is 138 Å². The van der Waals surface area contributed by atoms with Gasteiger partial charge in [0.05, 0.1) is 0 Å². The van der Waals surface area contributed by atoms with Crippen LogP contribution in [0.5, 0.6) is 0 Å². The molecule has 0 aliphatic heterocycles. The molecular weight excluding hydrogens is 695 g/mol. The SMILES string of the molecule is CCCc1[cH-]c2cccc(-c3ccc(CC)cc3)c2c1[Si](C)(C)c1c(CCC)[cH-]c2cccc(-c3ccc(CC)cc3)c12.[Cl-].[Cl-].[Zr+4]. The number of hydrogen-bond donors (Lipinski definition) is 0. The molecule has 6 aromatic rings. The van der Waals surface area contributed by atoms with Crippen molar-refractivity contribution >= 4 is 40.0 Å². The molecule has 0 heterocycles. The maximum absolute atomic E-state index is 2.64. The van der Waals surface area contributed by atoms with Crippen LogP contribution in [-0.4, -0.2) is 8.07 Å². The summed E-state index contributed by atoms with van der Waals surface area (Å²) >= 11 is 0. The average Bonchev–Trinajstić information content (AvgIpc) is 3.60. The number of benzene rings is 4. The van der Waals surface area contributed by atoms with Gasteiger partial charge in [-0.1, -0.05) is 125 Å². The minimum Gasteiger partial charge on any atom is -1.00 e. The van der Waals surface area contributed by atoms with Crippen LogP contribution in [0, 0.1) is 0 Å². The summed E-state index contributed by atoms with van der Waals surface area (Å²) in [6, 6.07) is 37.6. The Hall–Kier alpha value is -2.22. The molecule has 0 saturated heterocycles.